The molecular weight excluding hydrogens is 2150 g/mol. The van der Waals surface area contributed by atoms with E-state index in [1.54, 1.807) is 27.7 Å². The number of esters is 4. The van der Waals surface area contributed by atoms with Gasteiger partial charge in [0.2, 0.25) is 0 Å². The lowest BCUT2D eigenvalue weighted by atomic mass is 9.92. The fraction of sp³-hybridized carbons (Fsp3) is 0.179. The van der Waals surface area contributed by atoms with E-state index in [1.165, 1.54) is 16.7 Å². The molecule has 0 radical (unpaired) electrons. The van der Waals surface area contributed by atoms with Crippen LogP contribution in [0.4, 0.5) is 0 Å². The molecule has 750 valence electrons. The molecule has 10 aromatic carbocycles. The van der Waals surface area contributed by atoms with Crippen molar-refractivity contribution in [3.05, 3.63) is 417 Å². The van der Waals surface area contributed by atoms with E-state index >= 15 is 0 Å². The summed E-state index contributed by atoms with van der Waals surface area (Å²) in [7, 11) is 0. The Kier molecular flexibility index (Phi) is 38.2. The van der Waals surface area contributed by atoms with E-state index in [-0.39, 0.29) is 46.8 Å². The predicted molar refractivity (Wildman–Crippen MR) is 581 cm³/mol. The summed E-state index contributed by atoms with van der Waals surface area (Å²) in [5.41, 5.74) is 26.8. The molecule has 0 unspecified atom stereocenters. The maximum atomic E-state index is 13.2. The van der Waals surface area contributed by atoms with E-state index < -0.39 is 52.3 Å². The summed E-state index contributed by atoms with van der Waals surface area (Å²) >= 11 is 7.82. The minimum Gasteiger partial charge on any atom is -0.461 e. The number of nitrogens with zero attached hydrogens (tertiary/aromatic N) is 4. The van der Waals surface area contributed by atoms with Crippen molar-refractivity contribution >= 4 is 162 Å². The molecule has 0 bridgehead atoms. The molecule has 2 aliphatic rings. The number of hydrogen-bond acceptors (Lipinski definition) is 20. The number of halogens is 3. The molecule has 20 rings (SSSR count). The molecule has 0 saturated heterocycles. The summed E-state index contributed by atoms with van der Waals surface area (Å²) in [6.07, 6.45) is 3.12. The van der Waals surface area contributed by atoms with Crippen molar-refractivity contribution in [3.8, 4) is 67.3 Å². The maximum absolute atomic E-state index is 13.2. The fourth-order valence-corrected chi connectivity index (χ4v) is 19.7. The standard InChI is InChI=1S/C29H27BrN2O3.C28H23BrN2O3.C28H24N2O3.C27H23BrN2O3.4O2S/c1-4-35-29(34)27-24(30)22-13-12-21-15-23(20-8-6-5-7-9-20)28(33)31-25(21)26(22)32(27)16-19-11-10-17(2)18(3)14-19;1-3-34-28(33)26-23(29)21-14-13-20-15-22(19-7-5-4-6-8-19)27(32)30-24(20)25(21)31(26)16-18-11-9-17(2)10-12-18;1-3-33-28(32)24-16-22-14-13-21-15-23(20-7-5-4-6-8-20)27(31)29-25(21)26(22)30(24)17-19-11-9-18(2)10-12-19;1-2-33-27(32)23-15-20-11-10-19-14-22(18-6-4-3-5-7-18)26(31)29-24(19)25(20)30(23)16-17-8-12-21(28)13-9-17;4*1-3-2/h5-11,14-15H,4,12-13,16H2,1-3H3,(H,31,33);4-15H,3,16H2,1-2H3,(H,30,32);4-16H,3,17H2,1-2H3,(H,29,31);3-9,12-15H,2,10-11,16H2,1H3,(H,29,31);;;;. The van der Waals surface area contributed by atoms with Crippen molar-refractivity contribution in [2.75, 3.05) is 26.4 Å². The number of H-pyrrole nitrogens is 4. The second-order valence-corrected chi connectivity index (χ2v) is 36.9. The highest BCUT2D eigenvalue weighted by molar-refractivity contribution is 9.11. The molecule has 0 fully saturated rings. The second kappa shape index (κ2) is 51.5. The Bertz CT molecular complexity index is 8300. The van der Waals surface area contributed by atoms with E-state index in [4.69, 9.17) is 52.6 Å². The largest absolute Gasteiger partial charge is 0.461 e. The fourth-order valence-electron chi connectivity index (χ4n) is 18.0. The van der Waals surface area contributed by atoms with Crippen LogP contribution in [0.3, 0.4) is 0 Å². The van der Waals surface area contributed by atoms with Crippen LogP contribution in [0, 0.1) is 27.7 Å². The number of rotatable bonds is 20. The number of carbonyl (C=O) groups excluding carboxylic acids is 4. The highest BCUT2D eigenvalue weighted by Gasteiger charge is 2.34. The number of fused-ring (bicyclic) bond motifs is 12. The van der Waals surface area contributed by atoms with E-state index in [1.807, 2.05) is 263 Å². The molecular formula is C112H97Br3N8O20S4. The summed E-state index contributed by atoms with van der Waals surface area (Å²) in [5.74, 6) is -1.51. The van der Waals surface area contributed by atoms with Gasteiger partial charge in [-0.25, -0.2) is 19.2 Å². The van der Waals surface area contributed by atoms with Crippen LogP contribution in [0.5, 0.6) is 0 Å². The quantitative estimate of drug-likeness (QED) is 0.0407. The maximum Gasteiger partial charge on any atom is 0.356 e. The van der Waals surface area contributed by atoms with Gasteiger partial charge in [-0.15, -0.1) is 0 Å². The van der Waals surface area contributed by atoms with Crippen LogP contribution in [0.2, 0.25) is 0 Å². The monoisotopic (exact) mass is 2240 g/mol. The Morgan fingerprint density at radius 1 is 0.320 bits per heavy atom. The Balaban J connectivity index is 0.000000158. The van der Waals surface area contributed by atoms with Gasteiger partial charge < -0.3 is 57.2 Å². The lowest BCUT2D eigenvalue weighted by Crippen LogP contribution is -2.19. The summed E-state index contributed by atoms with van der Waals surface area (Å²) < 4.78 is 98.1. The van der Waals surface area contributed by atoms with Crippen LogP contribution in [0.25, 0.3) is 111 Å². The van der Waals surface area contributed by atoms with Crippen molar-refractivity contribution in [2.45, 2.75) is 107 Å². The van der Waals surface area contributed by atoms with E-state index in [9.17, 15) is 38.4 Å². The molecule has 35 heteroatoms. The van der Waals surface area contributed by atoms with Gasteiger partial charge in [-0.3, -0.25) is 19.2 Å². The average molecular weight is 2240 g/mol. The molecule has 18 aromatic rings. The molecule has 28 nitrogen and oxygen atoms in total. The summed E-state index contributed by atoms with van der Waals surface area (Å²) in [6, 6.07) is 88.8. The average Bonchev–Trinajstić information content (AvgIpc) is 1.60. The zero-order valence-corrected chi connectivity index (χ0v) is 88.7. The van der Waals surface area contributed by atoms with Gasteiger partial charge >= 0.3 is 70.2 Å². The van der Waals surface area contributed by atoms with E-state index in [0.29, 0.717) is 107 Å². The summed E-state index contributed by atoms with van der Waals surface area (Å²) in [5, 5.41) is 3.50. The summed E-state index contributed by atoms with van der Waals surface area (Å²) in [4.78, 5) is 117. The number of pyridine rings is 4. The van der Waals surface area contributed by atoms with Gasteiger partial charge in [-0.2, -0.15) is 33.7 Å². The first-order chi connectivity index (χ1) is 71.1. The third-order valence-corrected chi connectivity index (χ3v) is 26.9. The van der Waals surface area contributed by atoms with E-state index in [2.05, 4.69) is 124 Å². The van der Waals surface area contributed by atoms with Crippen molar-refractivity contribution < 1.29 is 71.8 Å². The molecule has 147 heavy (non-hydrogen) atoms. The molecule has 8 heterocycles. The Morgan fingerprint density at radius 3 is 1.12 bits per heavy atom. The number of aromatic amines is 4. The van der Waals surface area contributed by atoms with Crippen LogP contribution in [-0.4, -0.2) is 122 Å². The second-order valence-electron chi connectivity index (χ2n) is 33.8. The highest BCUT2D eigenvalue weighted by Crippen LogP contribution is 2.44. The Labute approximate surface area is 882 Å². The summed E-state index contributed by atoms with van der Waals surface area (Å²) in [6.45, 7) is 18.5. The molecule has 4 N–H and O–H groups in total. The van der Waals surface area contributed by atoms with Gasteiger partial charge in [0.05, 0.1) is 80.2 Å². The van der Waals surface area contributed by atoms with Crippen LogP contribution in [0.15, 0.2) is 306 Å². The molecule has 0 aliphatic heterocycles. The topological polar surface area (TPSA) is 393 Å². The van der Waals surface area contributed by atoms with Gasteiger partial charge in [-0.1, -0.05) is 252 Å². The number of ether oxygens (including phenoxy) is 4. The van der Waals surface area contributed by atoms with Crippen molar-refractivity contribution in [1.82, 2.24) is 38.2 Å². The third kappa shape index (κ3) is 25.5. The Hall–Kier alpha value is -15.2. The number of aryl methyl sites for hydroxylation is 7. The number of benzene rings is 10. The zero-order valence-electron chi connectivity index (χ0n) is 80.7. The minimum absolute atomic E-state index is 0.137. The lowest BCUT2D eigenvalue weighted by Gasteiger charge is -2.21. The van der Waals surface area contributed by atoms with Crippen LogP contribution < -0.4 is 22.2 Å². The smallest absolute Gasteiger partial charge is 0.356 e. The highest BCUT2D eigenvalue weighted by atomic mass is 79.9. The normalized spacial score (nSPS) is 11.1. The molecule has 0 spiro atoms. The molecule has 2 aliphatic carbocycles. The van der Waals surface area contributed by atoms with Crippen LogP contribution >= 0.6 is 47.8 Å². The Morgan fingerprint density at radius 2 is 0.673 bits per heavy atom. The van der Waals surface area contributed by atoms with E-state index in [0.717, 1.165) is 162 Å². The first-order valence-electron chi connectivity index (χ1n) is 46.3. The van der Waals surface area contributed by atoms with Crippen molar-refractivity contribution in [2.24, 2.45) is 0 Å². The van der Waals surface area contributed by atoms with Gasteiger partial charge in [0.25, 0.3) is 22.2 Å². The zero-order chi connectivity index (χ0) is 105. The first-order valence-corrected chi connectivity index (χ1v) is 51.4. The first kappa shape index (κ1) is 109. The number of hydrogen-bond donors (Lipinski definition) is 4. The SMILES string of the molecule is CCOC(=O)c1c(Br)c2c(n1Cc1ccc(C)c(C)c1)-c1[nH]c(=O)c(-c3ccccc3)cc1CC2.CCOC(=O)c1c(Br)c2ccc3cc(-c4ccccc4)c(=O)[nH]c3c2n1Cc1ccc(C)cc1.CCOC(=O)c1cc2c(n1Cc1ccc(Br)cc1)-c1[nH]c(=O)c(-c3ccccc3)cc1CC2.CCOC(=O)c1cc2ccc3cc(-c4ccccc4)c(=O)[nH]c3c2n1Cc1ccc(C)cc1.O=S=O.O=S=O.O=S=O.O=S=O. The van der Waals surface area contributed by atoms with Gasteiger partial charge in [0.15, 0.2) is 0 Å². The molecule has 0 amide bonds. The third-order valence-electron chi connectivity index (χ3n) is 24.7. The van der Waals surface area contributed by atoms with Crippen molar-refractivity contribution in [1.29, 1.82) is 0 Å². The van der Waals surface area contributed by atoms with Crippen molar-refractivity contribution in [3.63, 3.8) is 0 Å². The van der Waals surface area contributed by atoms with Gasteiger partial charge in [0, 0.05) is 74.5 Å². The minimum atomic E-state index is -0.750. The number of carbonyl (C=O) groups is 4. The van der Waals surface area contributed by atoms with Gasteiger partial charge in [-0.05, 0) is 239 Å². The molecule has 0 atom stereocenters. The van der Waals surface area contributed by atoms with Crippen LogP contribution in [0.1, 0.15) is 136 Å². The van der Waals surface area contributed by atoms with Crippen LogP contribution in [-0.2, 0) is 117 Å². The molecule has 8 aromatic heterocycles. The predicted octanol–water partition coefficient (Wildman–Crippen LogP) is 21.3. The number of aromatic nitrogens is 8. The lowest BCUT2D eigenvalue weighted by molar-refractivity contribution is 0.0504. The van der Waals surface area contributed by atoms with Gasteiger partial charge in [0.1, 0.15) is 22.8 Å². The number of nitrogens with one attached hydrogen (secondary N) is 4. The molecule has 0 saturated carbocycles.